The maximum Gasteiger partial charge on any atom is 0.239 e. The SMILES string of the molecule is CC(C(=O)N(C)CCn1ccnc1)N1CCN(C)CC1. The van der Waals surface area contributed by atoms with Crippen molar-refractivity contribution in [1.29, 1.82) is 0 Å². The number of carbonyl (C=O) groups is 1. The molecule has 0 radical (unpaired) electrons. The van der Waals surface area contributed by atoms with Crippen molar-refractivity contribution in [1.82, 2.24) is 24.3 Å². The third-order valence-corrected chi connectivity index (χ3v) is 4.07. The minimum absolute atomic E-state index is 0.0310. The normalized spacial score (nSPS) is 18.9. The predicted molar refractivity (Wildman–Crippen MR) is 78.4 cm³/mol. The van der Waals surface area contributed by atoms with Gasteiger partial charge >= 0.3 is 0 Å². The summed E-state index contributed by atoms with van der Waals surface area (Å²) in [6.45, 7) is 7.54. The zero-order chi connectivity index (χ0) is 14.5. The molecule has 0 spiro atoms. The van der Waals surface area contributed by atoms with Crippen LogP contribution in [0.25, 0.3) is 0 Å². The lowest BCUT2D eigenvalue weighted by molar-refractivity contribution is -0.135. The van der Waals surface area contributed by atoms with Crippen LogP contribution in [0, 0.1) is 0 Å². The summed E-state index contributed by atoms with van der Waals surface area (Å²) in [6.07, 6.45) is 5.46. The second-order valence-electron chi connectivity index (χ2n) is 5.58. The fourth-order valence-electron chi connectivity index (χ4n) is 2.48. The molecule has 20 heavy (non-hydrogen) atoms. The fourth-order valence-corrected chi connectivity index (χ4v) is 2.48. The van der Waals surface area contributed by atoms with E-state index in [1.807, 2.05) is 29.6 Å². The Morgan fingerprint density at radius 2 is 2.05 bits per heavy atom. The van der Waals surface area contributed by atoms with Crippen LogP contribution in [-0.4, -0.2) is 83.0 Å². The Morgan fingerprint density at radius 3 is 2.65 bits per heavy atom. The molecule has 1 aliphatic rings. The second-order valence-corrected chi connectivity index (χ2v) is 5.58. The smallest absolute Gasteiger partial charge is 0.239 e. The fraction of sp³-hybridized carbons (Fsp3) is 0.714. The van der Waals surface area contributed by atoms with E-state index in [9.17, 15) is 4.79 Å². The summed E-state index contributed by atoms with van der Waals surface area (Å²) in [4.78, 5) is 22.8. The number of hydrogen-bond donors (Lipinski definition) is 0. The van der Waals surface area contributed by atoms with Crippen LogP contribution in [0.15, 0.2) is 18.7 Å². The molecule has 0 aliphatic carbocycles. The standard InChI is InChI=1S/C14H25N5O/c1-13(19-10-6-16(2)7-11-19)14(20)17(3)8-9-18-5-4-15-12-18/h4-5,12-13H,6-11H2,1-3H3. The first kappa shape index (κ1) is 15.0. The molecule has 1 amide bonds. The Kier molecular flexibility index (Phi) is 5.14. The highest BCUT2D eigenvalue weighted by atomic mass is 16.2. The molecular weight excluding hydrogens is 254 g/mol. The van der Waals surface area contributed by atoms with E-state index in [1.165, 1.54) is 0 Å². The highest BCUT2D eigenvalue weighted by Crippen LogP contribution is 2.07. The predicted octanol–water partition coefficient (Wildman–Crippen LogP) is -0.0226. The van der Waals surface area contributed by atoms with Gasteiger partial charge in [-0.15, -0.1) is 0 Å². The Labute approximate surface area is 121 Å². The Bertz CT molecular complexity index is 411. The highest BCUT2D eigenvalue weighted by Gasteiger charge is 2.26. The van der Waals surface area contributed by atoms with Gasteiger partial charge in [-0.05, 0) is 14.0 Å². The van der Waals surface area contributed by atoms with E-state index in [4.69, 9.17) is 0 Å². The largest absolute Gasteiger partial charge is 0.343 e. The zero-order valence-corrected chi connectivity index (χ0v) is 12.7. The number of imidazole rings is 1. The lowest BCUT2D eigenvalue weighted by Gasteiger charge is -2.37. The molecule has 1 atom stereocenters. The van der Waals surface area contributed by atoms with Crippen molar-refractivity contribution in [3.63, 3.8) is 0 Å². The van der Waals surface area contributed by atoms with Gasteiger partial charge in [-0.1, -0.05) is 0 Å². The van der Waals surface area contributed by atoms with Crippen molar-refractivity contribution in [2.45, 2.75) is 19.5 Å². The minimum Gasteiger partial charge on any atom is -0.343 e. The lowest BCUT2D eigenvalue weighted by atomic mass is 10.2. The van der Waals surface area contributed by atoms with Gasteiger partial charge in [0.05, 0.1) is 12.4 Å². The van der Waals surface area contributed by atoms with Crippen molar-refractivity contribution < 1.29 is 4.79 Å². The molecule has 1 aromatic heterocycles. The molecule has 2 heterocycles. The molecule has 0 aromatic carbocycles. The zero-order valence-electron chi connectivity index (χ0n) is 12.7. The van der Waals surface area contributed by atoms with Crippen LogP contribution >= 0.6 is 0 Å². The van der Waals surface area contributed by atoms with Crippen LogP contribution in [0.1, 0.15) is 6.92 Å². The number of nitrogens with zero attached hydrogens (tertiary/aromatic N) is 5. The molecule has 2 rings (SSSR count). The van der Waals surface area contributed by atoms with Crippen LogP contribution in [0.2, 0.25) is 0 Å². The van der Waals surface area contributed by atoms with Gasteiger partial charge in [0.1, 0.15) is 0 Å². The van der Waals surface area contributed by atoms with Crippen molar-refractivity contribution in [2.75, 3.05) is 46.8 Å². The number of amides is 1. The average molecular weight is 279 g/mol. The number of likely N-dealkylation sites (N-methyl/N-ethyl adjacent to an activating group) is 2. The van der Waals surface area contributed by atoms with Gasteiger partial charge in [0.25, 0.3) is 0 Å². The second kappa shape index (κ2) is 6.85. The van der Waals surface area contributed by atoms with Gasteiger partial charge in [-0.2, -0.15) is 0 Å². The van der Waals surface area contributed by atoms with Crippen molar-refractivity contribution in [2.24, 2.45) is 0 Å². The number of piperazine rings is 1. The number of rotatable bonds is 5. The Hall–Kier alpha value is -1.40. The van der Waals surface area contributed by atoms with E-state index < -0.39 is 0 Å². The molecule has 1 fully saturated rings. The summed E-state index contributed by atoms with van der Waals surface area (Å²) in [7, 11) is 4.01. The highest BCUT2D eigenvalue weighted by molar-refractivity contribution is 5.81. The monoisotopic (exact) mass is 279 g/mol. The molecule has 1 aliphatic heterocycles. The Morgan fingerprint density at radius 1 is 1.35 bits per heavy atom. The van der Waals surface area contributed by atoms with Gasteiger partial charge in [-0.3, -0.25) is 9.69 Å². The average Bonchev–Trinajstić information content (AvgIpc) is 2.97. The molecule has 6 nitrogen and oxygen atoms in total. The summed E-state index contributed by atoms with van der Waals surface area (Å²) >= 11 is 0. The number of aromatic nitrogens is 2. The van der Waals surface area contributed by atoms with Gasteiger partial charge in [-0.25, -0.2) is 4.98 Å². The molecule has 1 saturated heterocycles. The van der Waals surface area contributed by atoms with E-state index in [-0.39, 0.29) is 11.9 Å². The van der Waals surface area contributed by atoms with E-state index in [2.05, 4.69) is 21.8 Å². The third-order valence-electron chi connectivity index (χ3n) is 4.07. The first-order valence-corrected chi connectivity index (χ1v) is 7.21. The van der Waals surface area contributed by atoms with E-state index >= 15 is 0 Å². The van der Waals surface area contributed by atoms with Crippen LogP contribution < -0.4 is 0 Å². The first-order chi connectivity index (χ1) is 9.58. The van der Waals surface area contributed by atoms with Gasteiger partial charge < -0.3 is 14.4 Å². The maximum atomic E-state index is 12.4. The lowest BCUT2D eigenvalue weighted by Crippen LogP contribution is -2.53. The van der Waals surface area contributed by atoms with Crippen molar-refractivity contribution >= 4 is 5.91 Å². The van der Waals surface area contributed by atoms with Crippen molar-refractivity contribution in [3.05, 3.63) is 18.7 Å². The molecule has 1 unspecified atom stereocenters. The van der Waals surface area contributed by atoms with Crippen LogP contribution in [-0.2, 0) is 11.3 Å². The topological polar surface area (TPSA) is 44.6 Å². The van der Waals surface area contributed by atoms with E-state index in [1.54, 1.807) is 12.5 Å². The molecule has 0 N–H and O–H groups in total. The quantitative estimate of drug-likeness (QED) is 0.760. The molecule has 0 saturated carbocycles. The third kappa shape index (κ3) is 3.80. The first-order valence-electron chi connectivity index (χ1n) is 7.21. The van der Waals surface area contributed by atoms with Crippen LogP contribution in [0.3, 0.4) is 0 Å². The molecule has 0 bridgehead atoms. The molecule has 1 aromatic rings. The van der Waals surface area contributed by atoms with Crippen molar-refractivity contribution in [3.8, 4) is 0 Å². The Balaban J connectivity index is 1.80. The molecule has 112 valence electrons. The molecular formula is C14H25N5O. The minimum atomic E-state index is -0.0310. The van der Waals surface area contributed by atoms with E-state index in [0.29, 0.717) is 6.54 Å². The van der Waals surface area contributed by atoms with Gasteiger partial charge in [0, 0.05) is 58.7 Å². The van der Waals surface area contributed by atoms with E-state index in [0.717, 1.165) is 32.7 Å². The maximum absolute atomic E-state index is 12.4. The van der Waals surface area contributed by atoms with Crippen LogP contribution in [0.5, 0.6) is 0 Å². The summed E-state index contributed by atoms with van der Waals surface area (Å²) in [5.41, 5.74) is 0. The summed E-state index contributed by atoms with van der Waals surface area (Å²) in [5.74, 6) is 0.203. The summed E-state index contributed by atoms with van der Waals surface area (Å²) in [6, 6.07) is -0.0310. The van der Waals surface area contributed by atoms with Gasteiger partial charge in [0.2, 0.25) is 5.91 Å². The van der Waals surface area contributed by atoms with Gasteiger partial charge in [0.15, 0.2) is 0 Å². The van der Waals surface area contributed by atoms with Crippen LogP contribution in [0.4, 0.5) is 0 Å². The summed E-state index contributed by atoms with van der Waals surface area (Å²) in [5, 5.41) is 0. The molecule has 6 heteroatoms. The number of hydrogen-bond acceptors (Lipinski definition) is 4. The number of carbonyl (C=O) groups excluding carboxylic acids is 1. The summed E-state index contributed by atoms with van der Waals surface area (Å²) < 4.78 is 1.99.